The van der Waals surface area contributed by atoms with Gasteiger partial charge >= 0.3 is 5.97 Å². The van der Waals surface area contributed by atoms with E-state index in [1.54, 1.807) is 12.1 Å². The van der Waals surface area contributed by atoms with E-state index >= 15 is 0 Å². The van der Waals surface area contributed by atoms with Crippen LogP contribution in [0.3, 0.4) is 0 Å². The fourth-order valence-corrected chi connectivity index (χ4v) is 1.69. The highest BCUT2D eigenvalue weighted by atomic mass is 79.9. The number of halogens is 2. The van der Waals surface area contributed by atoms with Crippen LogP contribution in [0, 0.1) is 0 Å². The van der Waals surface area contributed by atoms with E-state index in [2.05, 4.69) is 15.9 Å². The highest BCUT2D eigenvalue weighted by Crippen LogP contribution is 2.19. The van der Waals surface area contributed by atoms with E-state index in [1.807, 2.05) is 6.07 Å². The molecule has 2 nitrogen and oxygen atoms in total. The molecule has 0 atom stereocenters. The molecule has 1 N–H and O–H groups in total. The van der Waals surface area contributed by atoms with Crippen molar-refractivity contribution >= 4 is 39.6 Å². The highest BCUT2D eigenvalue weighted by molar-refractivity contribution is 9.08. The minimum absolute atomic E-state index is 0.597. The van der Waals surface area contributed by atoms with Crippen molar-refractivity contribution in [3.8, 4) is 0 Å². The minimum Gasteiger partial charge on any atom is -0.478 e. The Balaban J connectivity index is 3.04. The van der Waals surface area contributed by atoms with Gasteiger partial charge in [-0.15, -0.1) is 0 Å². The van der Waals surface area contributed by atoms with E-state index in [-0.39, 0.29) is 0 Å². The van der Waals surface area contributed by atoms with Gasteiger partial charge in [-0.25, -0.2) is 4.79 Å². The standard InChI is InChI=1S/C10H8BrClO2/c11-6-8-1-3-9(12)5-7(8)2-4-10(13)14/h1-5H,6H2,(H,13,14)/b4-2+. The molecule has 0 aromatic heterocycles. The van der Waals surface area contributed by atoms with Crippen molar-refractivity contribution in [2.45, 2.75) is 5.33 Å². The van der Waals surface area contributed by atoms with Crippen LogP contribution in [-0.2, 0) is 10.1 Å². The molecule has 0 amide bonds. The summed E-state index contributed by atoms with van der Waals surface area (Å²) in [7, 11) is 0. The topological polar surface area (TPSA) is 37.3 Å². The smallest absolute Gasteiger partial charge is 0.328 e. The first-order valence-corrected chi connectivity index (χ1v) is 5.39. The Morgan fingerprint density at radius 3 is 2.86 bits per heavy atom. The lowest BCUT2D eigenvalue weighted by molar-refractivity contribution is -0.131. The summed E-state index contributed by atoms with van der Waals surface area (Å²) in [6.07, 6.45) is 2.63. The molecule has 4 heteroatoms. The summed E-state index contributed by atoms with van der Waals surface area (Å²) >= 11 is 9.11. The summed E-state index contributed by atoms with van der Waals surface area (Å²) < 4.78 is 0. The van der Waals surface area contributed by atoms with Gasteiger partial charge in [0.15, 0.2) is 0 Å². The van der Waals surface area contributed by atoms with Gasteiger partial charge in [0.25, 0.3) is 0 Å². The van der Waals surface area contributed by atoms with Gasteiger partial charge in [0.2, 0.25) is 0 Å². The van der Waals surface area contributed by atoms with Gasteiger partial charge < -0.3 is 5.11 Å². The fourth-order valence-electron chi connectivity index (χ4n) is 1.00. The maximum absolute atomic E-state index is 10.3. The number of carbonyl (C=O) groups is 1. The fraction of sp³-hybridized carbons (Fsp3) is 0.100. The second-order valence-electron chi connectivity index (χ2n) is 2.65. The normalized spacial score (nSPS) is 10.7. The molecule has 0 radical (unpaired) electrons. The minimum atomic E-state index is -0.967. The van der Waals surface area contributed by atoms with Crippen LogP contribution in [0.2, 0.25) is 5.02 Å². The highest BCUT2D eigenvalue weighted by Gasteiger charge is 1.99. The van der Waals surface area contributed by atoms with Crippen LogP contribution < -0.4 is 0 Å². The number of rotatable bonds is 3. The van der Waals surface area contributed by atoms with Crippen molar-refractivity contribution in [1.82, 2.24) is 0 Å². The molecule has 0 aliphatic rings. The third kappa shape index (κ3) is 3.16. The monoisotopic (exact) mass is 274 g/mol. The Bertz CT molecular complexity index is 374. The van der Waals surface area contributed by atoms with Crippen LogP contribution in [0.25, 0.3) is 6.08 Å². The first-order chi connectivity index (χ1) is 6.63. The lowest BCUT2D eigenvalue weighted by atomic mass is 10.1. The maximum Gasteiger partial charge on any atom is 0.328 e. The van der Waals surface area contributed by atoms with Crippen LogP contribution in [0.1, 0.15) is 11.1 Å². The SMILES string of the molecule is O=C(O)/C=C/c1cc(Cl)ccc1CBr. The van der Waals surface area contributed by atoms with E-state index < -0.39 is 5.97 Å². The summed E-state index contributed by atoms with van der Waals surface area (Å²) in [6.45, 7) is 0. The largest absolute Gasteiger partial charge is 0.478 e. The van der Waals surface area contributed by atoms with Gasteiger partial charge in [-0.05, 0) is 29.3 Å². The van der Waals surface area contributed by atoms with Crippen molar-refractivity contribution in [2.75, 3.05) is 0 Å². The quantitative estimate of drug-likeness (QED) is 0.678. The molecule has 0 aliphatic heterocycles. The summed E-state index contributed by atoms with van der Waals surface area (Å²) in [4.78, 5) is 10.3. The predicted molar refractivity (Wildman–Crippen MR) is 60.8 cm³/mol. The Labute approximate surface area is 95.3 Å². The first kappa shape index (κ1) is 11.3. The van der Waals surface area contributed by atoms with Gasteiger partial charge in [-0.2, -0.15) is 0 Å². The van der Waals surface area contributed by atoms with Gasteiger partial charge in [-0.1, -0.05) is 33.6 Å². The Morgan fingerprint density at radius 2 is 2.29 bits per heavy atom. The zero-order valence-corrected chi connectivity index (χ0v) is 9.55. The van der Waals surface area contributed by atoms with Crippen LogP contribution in [0.5, 0.6) is 0 Å². The Morgan fingerprint density at radius 1 is 1.57 bits per heavy atom. The van der Waals surface area contributed by atoms with E-state index in [0.29, 0.717) is 10.4 Å². The van der Waals surface area contributed by atoms with Crippen molar-refractivity contribution in [1.29, 1.82) is 0 Å². The van der Waals surface area contributed by atoms with Gasteiger partial charge in [0.05, 0.1) is 0 Å². The Hall–Kier alpha value is -0.800. The van der Waals surface area contributed by atoms with Crippen molar-refractivity contribution in [3.63, 3.8) is 0 Å². The van der Waals surface area contributed by atoms with Gasteiger partial charge in [0, 0.05) is 16.4 Å². The number of carboxylic acids is 1. The predicted octanol–water partition coefficient (Wildman–Crippen LogP) is 3.33. The number of alkyl halides is 1. The molecule has 0 aliphatic carbocycles. The Kier molecular flexibility index (Phi) is 4.17. The summed E-state index contributed by atoms with van der Waals surface area (Å²) in [6, 6.07) is 5.37. The molecule has 0 heterocycles. The number of aliphatic carboxylic acids is 1. The van der Waals surface area contributed by atoms with Gasteiger partial charge in [-0.3, -0.25) is 0 Å². The van der Waals surface area contributed by atoms with Crippen molar-refractivity contribution in [2.24, 2.45) is 0 Å². The molecule has 74 valence electrons. The molecule has 0 bridgehead atoms. The molecule has 1 aromatic carbocycles. The van der Waals surface area contributed by atoms with E-state index in [4.69, 9.17) is 16.7 Å². The van der Waals surface area contributed by atoms with Gasteiger partial charge in [0.1, 0.15) is 0 Å². The molecule has 0 saturated heterocycles. The van der Waals surface area contributed by atoms with Crippen LogP contribution >= 0.6 is 27.5 Å². The third-order valence-corrected chi connectivity index (χ3v) is 2.50. The molecule has 0 saturated carbocycles. The molecule has 1 aromatic rings. The second-order valence-corrected chi connectivity index (χ2v) is 3.65. The van der Waals surface area contributed by atoms with Crippen LogP contribution in [0.15, 0.2) is 24.3 Å². The molecule has 0 unspecified atom stereocenters. The maximum atomic E-state index is 10.3. The first-order valence-electron chi connectivity index (χ1n) is 3.89. The number of hydrogen-bond donors (Lipinski definition) is 1. The summed E-state index contributed by atoms with van der Waals surface area (Å²) in [5.41, 5.74) is 1.82. The molecule has 0 spiro atoms. The van der Waals surface area contributed by atoms with Crippen LogP contribution in [0.4, 0.5) is 0 Å². The summed E-state index contributed by atoms with van der Waals surface area (Å²) in [5.74, 6) is -0.967. The third-order valence-electron chi connectivity index (χ3n) is 1.66. The average molecular weight is 276 g/mol. The van der Waals surface area contributed by atoms with E-state index in [0.717, 1.165) is 17.2 Å². The lowest BCUT2D eigenvalue weighted by Crippen LogP contribution is -1.88. The van der Waals surface area contributed by atoms with Crippen molar-refractivity contribution in [3.05, 3.63) is 40.4 Å². The zero-order chi connectivity index (χ0) is 10.6. The van der Waals surface area contributed by atoms with Crippen molar-refractivity contribution < 1.29 is 9.90 Å². The second kappa shape index (κ2) is 5.17. The zero-order valence-electron chi connectivity index (χ0n) is 7.21. The van der Waals surface area contributed by atoms with E-state index in [1.165, 1.54) is 6.08 Å². The molecular weight excluding hydrogens is 267 g/mol. The lowest BCUT2D eigenvalue weighted by Gasteiger charge is -2.02. The molecule has 14 heavy (non-hydrogen) atoms. The molecule has 0 fully saturated rings. The van der Waals surface area contributed by atoms with E-state index in [9.17, 15) is 4.79 Å². The summed E-state index contributed by atoms with van der Waals surface area (Å²) in [5, 5.41) is 9.74. The number of carboxylic acid groups (broad SMARTS) is 1. The van der Waals surface area contributed by atoms with Crippen LogP contribution in [-0.4, -0.2) is 11.1 Å². The molecule has 1 rings (SSSR count). The number of benzene rings is 1. The molecular formula is C10H8BrClO2. The number of hydrogen-bond acceptors (Lipinski definition) is 1. The average Bonchev–Trinajstić information content (AvgIpc) is 2.15.